The van der Waals surface area contributed by atoms with E-state index >= 15 is 0 Å². The van der Waals surface area contributed by atoms with Gasteiger partial charge in [-0.25, -0.2) is 4.39 Å². The Morgan fingerprint density at radius 1 is 1.17 bits per heavy atom. The van der Waals surface area contributed by atoms with Crippen LogP contribution in [0.15, 0.2) is 42.5 Å². The minimum absolute atomic E-state index is 0.188. The van der Waals surface area contributed by atoms with Crippen LogP contribution in [0.2, 0.25) is 0 Å². The van der Waals surface area contributed by atoms with Crippen LogP contribution in [-0.2, 0) is 6.42 Å². The standard InChI is InChI=1S/C19H22FN3O/c20-16-10-13(21)5-6-18(16)24-19-15-4-2-1-3-12(15)9-17(19)23-8-7-14(22)11-23/h1-6,10,14,17,19H,7-9,11,21-22H2/t14-,17-,19-/m1/s1. The van der Waals surface area contributed by atoms with Crippen molar-refractivity contribution in [2.45, 2.75) is 31.0 Å². The summed E-state index contributed by atoms with van der Waals surface area (Å²) < 4.78 is 20.3. The van der Waals surface area contributed by atoms with Crippen molar-refractivity contribution in [3.05, 3.63) is 59.4 Å². The molecule has 4 N–H and O–H groups in total. The summed E-state index contributed by atoms with van der Waals surface area (Å²) >= 11 is 0. The van der Waals surface area contributed by atoms with Crippen molar-refractivity contribution < 1.29 is 9.13 Å². The molecule has 3 atom stereocenters. The van der Waals surface area contributed by atoms with Crippen LogP contribution in [0, 0.1) is 5.82 Å². The number of hydrogen-bond donors (Lipinski definition) is 2. The summed E-state index contributed by atoms with van der Waals surface area (Å²) in [5.74, 6) is -0.171. The second-order valence-corrected chi connectivity index (χ2v) is 6.74. The van der Waals surface area contributed by atoms with E-state index in [-0.39, 0.29) is 23.9 Å². The van der Waals surface area contributed by atoms with Gasteiger partial charge in [-0.15, -0.1) is 0 Å². The summed E-state index contributed by atoms with van der Waals surface area (Å²) in [5.41, 5.74) is 14.5. The van der Waals surface area contributed by atoms with Crippen molar-refractivity contribution in [1.82, 2.24) is 4.90 Å². The van der Waals surface area contributed by atoms with Gasteiger partial charge < -0.3 is 16.2 Å². The molecule has 0 bridgehead atoms. The fraction of sp³-hybridized carbons (Fsp3) is 0.368. The average molecular weight is 327 g/mol. The van der Waals surface area contributed by atoms with E-state index in [1.165, 1.54) is 11.6 Å². The van der Waals surface area contributed by atoms with Gasteiger partial charge in [0.15, 0.2) is 11.6 Å². The fourth-order valence-corrected chi connectivity index (χ4v) is 3.87. The third-order valence-electron chi connectivity index (χ3n) is 5.08. The lowest BCUT2D eigenvalue weighted by molar-refractivity contribution is 0.0898. The van der Waals surface area contributed by atoms with E-state index in [1.54, 1.807) is 12.1 Å². The summed E-state index contributed by atoms with van der Waals surface area (Å²) in [5, 5.41) is 0. The molecule has 2 aliphatic rings. The Hall–Kier alpha value is -2.11. The predicted octanol–water partition coefficient (Wildman–Crippen LogP) is 2.49. The van der Waals surface area contributed by atoms with E-state index in [9.17, 15) is 4.39 Å². The lowest BCUT2D eigenvalue weighted by Gasteiger charge is -2.30. The maximum atomic E-state index is 14.2. The van der Waals surface area contributed by atoms with Crippen LogP contribution in [0.4, 0.5) is 10.1 Å². The highest BCUT2D eigenvalue weighted by Gasteiger charge is 2.40. The quantitative estimate of drug-likeness (QED) is 0.850. The van der Waals surface area contributed by atoms with Crippen molar-refractivity contribution in [2.75, 3.05) is 18.8 Å². The Kier molecular flexibility index (Phi) is 3.90. The molecule has 0 spiro atoms. The Labute approximate surface area is 141 Å². The molecule has 0 radical (unpaired) electrons. The Bertz CT molecular complexity index is 751. The molecule has 1 aliphatic heterocycles. The van der Waals surface area contributed by atoms with Gasteiger partial charge in [0.2, 0.25) is 0 Å². The van der Waals surface area contributed by atoms with Gasteiger partial charge in [-0.1, -0.05) is 24.3 Å². The van der Waals surface area contributed by atoms with Gasteiger partial charge in [-0.3, -0.25) is 4.90 Å². The van der Waals surface area contributed by atoms with Crippen LogP contribution in [0.5, 0.6) is 5.75 Å². The summed E-state index contributed by atoms with van der Waals surface area (Å²) in [6, 6.07) is 13.2. The van der Waals surface area contributed by atoms with E-state index in [2.05, 4.69) is 17.0 Å². The number of halogens is 1. The maximum Gasteiger partial charge on any atom is 0.167 e. The second kappa shape index (κ2) is 6.07. The molecule has 0 saturated carbocycles. The normalized spacial score (nSPS) is 26.5. The molecule has 1 aliphatic carbocycles. The smallest absolute Gasteiger partial charge is 0.167 e. The molecule has 0 amide bonds. The second-order valence-electron chi connectivity index (χ2n) is 6.74. The van der Waals surface area contributed by atoms with Gasteiger partial charge in [0.05, 0.1) is 6.04 Å². The van der Waals surface area contributed by atoms with Crippen molar-refractivity contribution >= 4 is 5.69 Å². The number of hydrogen-bond acceptors (Lipinski definition) is 4. The van der Waals surface area contributed by atoms with E-state index in [1.807, 2.05) is 12.1 Å². The van der Waals surface area contributed by atoms with Gasteiger partial charge in [-0.05, 0) is 36.1 Å². The number of ether oxygens (including phenoxy) is 1. The summed E-state index contributed by atoms with van der Waals surface area (Å²) in [6.45, 7) is 1.83. The van der Waals surface area contributed by atoms with Crippen LogP contribution < -0.4 is 16.2 Å². The van der Waals surface area contributed by atoms with Crippen molar-refractivity contribution in [3.8, 4) is 5.75 Å². The van der Waals surface area contributed by atoms with E-state index in [0.29, 0.717) is 5.69 Å². The van der Waals surface area contributed by atoms with Crippen molar-refractivity contribution in [2.24, 2.45) is 5.73 Å². The zero-order chi connectivity index (χ0) is 16.7. The molecule has 24 heavy (non-hydrogen) atoms. The van der Waals surface area contributed by atoms with Gasteiger partial charge in [0, 0.05) is 30.9 Å². The maximum absolute atomic E-state index is 14.2. The lowest BCUT2D eigenvalue weighted by Crippen LogP contribution is -2.40. The first-order valence-corrected chi connectivity index (χ1v) is 8.41. The van der Waals surface area contributed by atoms with E-state index < -0.39 is 5.82 Å². The minimum atomic E-state index is -0.420. The molecule has 2 aromatic carbocycles. The van der Waals surface area contributed by atoms with Crippen LogP contribution in [0.3, 0.4) is 0 Å². The van der Waals surface area contributed by atoms with Gasteiger partial charge in [0.1, 0.15) is 6.10 Å². The monoisotopic (exact) mass is 327 g/mol. The summed E-state index contributed by atoms with van der Waals surface area (Å²) in [7, 11) is 0. The Balaban J connectivity index is 1.65. The van der Waals surface area contributed by atoms with Crippen LogP contribution in [0.1, 0.15) is 23.7 Å². The van der Waals surface area contributed by atoms with E-state index in [0.717, 1.165) is 31.5 Å². The number of nitrogens with zero attached hydrogens (tertiary/aromatic N) is 1. The molecular formula is C19H22FN3O. The van der Waals surface area contributed by atoms with Gasteiger partial charge in [-0.2, -0.15) is 0 Å². The minimum Gasteiger partial charge on any atom is -0.481 e. The summed E-state index contributed by atoms with van der Waals surface area (Å²) in [4.78, 5) is 2.38. The van der Waals surface area contributed by atoms with Gasteiger partial charge in [0.25, 0.3) is 0 Å². The fourth-order valence-electron chi connectivity index (χ4n) is 3.87. The number of benzene rings is 2. The van der Waals surface area contributed by atoms with Crippen LogP contribution >= 0.6 is 0 Å². The van der Waals surface area contributed by atoms with Crippen LogP contribution in [0.25, 0.3) is 0 Å². The molecule has 1 saturated heterocycles. The van der Waals surface area contributed by atoms with Gasteiger partial charge >= 0.3 is 0 Å². The highest BCUT2D eigenvalue weighted by Crippen LogP contribution is 2.39. The zero-order valence-corrected chi connectivity index (χ0v) is 13.5. The predicted molar refractivity (Wildman–Crippen MR) is 92.3 cm³/mol. The molecular weight excluding hydrogens is 305 g/mol. The topological polar surface area (TPSA) is 64.5 Å². The number of nitrogens with two attached hydrogens (primary N) is 2. The zero-order valence-electron chi connectivity index (χ0n) is 13.5. The third-order valence-corrected chi connectivity index (χ3v) is 5.08. The number of rotatable bonds is 3. The molecule has 1 heterocycles. The van der Waals surface area contributed by atoms with Crippen molar-refractivity contribution in [3.63, 3.8) is 0 Å². The highest BCUT2D eigenvalue weighted by atomic mass is 19.1. The summed E-state index contributed by atoms with van der Waals surface area (Å²) in [6.07, 6.45) is 1.71. The third kappa shape index (κ3) is 2.74. The Morgan fingerprint density at radius 3 is 2.75 bits per heavy atom. The molecule has 126 valence electrons. The lowest BCUT2D eigenvalue weighted by atomic mass is 10.1. The average Bonchev–Trinajstić information content (AvgIpc) is 3.14. The number of fused-ring (bicyclic) bond motifs is 1. The molecule has 5 heteroatoms. The largest absolute Gasteiger partial charge is 0.481 e. The van der Waals surface area contributed by atoms with Crippen molar-refractivity contribution in [1.29, 1.82) is 0 Å². The SMILES string of the molecule is Nc1ccc(O[C@@H]2c3ccccc3C[C@H]2N2CC[C@@H](N)C2)c(F)c1. The first-order valence-electron chi connectivity index (χ1n) is 8.41. The Morgan fingerprint density at radius 2 is 2.00 bits per heavy atom. The first kappa shape index (κ1) is 15.4. The molecule has 4 rings (SSSR count). The van der Waals surface area contributed by atoms with Crippen LogP contribution in [-0.4, -0.2) is 30.1 Å². The first-order chi connectivity index (χ1) is 11.6. The molecule has 0 unspecified atom stereocenters. The highest BCUT2D eigenvalue weighted by molar-refractivity contribution is 5.44. The number of anilines is 1. The number of nitrogen functional groups attached to an aromatic ring is 1. The number of likely N-dealkylation sites (tertiary alicyclic amines) is 1. The molecule has 2 aromatic rings. The molecule has 0 aromatic heterocycles. The molecule has 1 fully saturated rings. The molecule has 4 nitrogen and oxygen atoms in total. The van der Waals surface area contributed by atoms with E-state index in [4.69, 9.17) is 16.2 Å².